The van der Waals surface area contributed by atoms with Crippen molar-refractivity contribution in [3.8, 4) is 0 Å². The average Bonchev–Trinajstić information content (AvgIpc) is 2.85. The molecule has 2 aromatic carbocycles. The highest BCUT2D eigenvalue weighted by Crippen LogP contribution is 2.26. The van der Waals surface area contributed by atoms with Gasteiger partial charge in [-0.15, -0.1) is 0 Å². The van der Waals surface area contributed by atoms with E-state index in [1.165, 1.54) is 5.56 Å². The van der Waals surface area contributed by atoms with Gasteiger partial charge in [-0.2, -0.15) is 0 Å². The first-order chi connectivity index (χ1) is 8.75. The lowest BCUT2D eigenvalue weighted by molar-refractivity contribution is 0.103. The van der Waals surface area contributed by atoms with Crippen LogP contribution in [0.15, 0.2) is 42.5 Å². The first-order valence-corrected chi connectivity index (χ1v) is 6.29. The SMILES string of the molecule is O=C(c1ccc2c(c1)NCC2)c1ccccc1Cl. The molecule has 1 heterocycles. The summed E-state index contributed by atoms with van der Waals surface area (Å²) < 4.78 is 0. The van der Waals surface area contributed by atoms with Crippen LogP contribution in [-0.2, 0) is 6.42 Å². The van der Waals surface area contributed by atoms with Crippen LogP contribution in [0.1, 0.15) is 21.5 Å². The molecule has 0 aromatic heterocycles. The number of hydrogen-bond acceptors (Lipinski definition) is 2. The van der Waals surface area contributed by atoms with Crippen molar-refractivity contribution in [3.05, 3.63) is 64.2 Å². The van der Waals surface area contributed by atoms with Gasteiger partial charge in [-0.05, 0) is 30.2 Å². The quantitative estimate of drug-likeness (QED) is 0.834. The smallest absolute Gasteiger partial charge is 0.194 e. The number of halogens is 1. The number of carbonyl (C=O) groups excluding carboxylic acids is 1. The maximum atomic E-state index is 12.4. The average molecular weight is 258 g/mol. The van der Waals surface area contributed by atoms with Crippen LogP contribution in [-0.4, -0.2) is 12.3 Å². The second-order valence-corrected chi connectivity index (χ2v) is 4.76. The van der Waals surface area contributed by atoms with Crippen LogP contribution < -0.4 is 5.32 Å². The lowest BCUT2D eigenvalue weighted by Gasteiger charge is -2.06. The maximum Gasteiger partial charge on any atom is 0.194 e. The Bertz CT molecular complexity index is 622. The summed E-state index contributed by atoms with van der Waals surface area (Å²) in [5.41, 5.74) is 3.56. The zero-order valence-electron chi connectivity index (χ0n) is 9.74. The predicted octanol–water partition coefficient (Wildman–Crippen LogP) is 3.54. The first-order valence-electron chi connectivity index (χ1n) is 5.92. The zero-order chi connectivity index (χ0) is 12.5. The van der Waals surface area contributed by atoms with E-state index in [2.05, 4.69) is 5.32 Å². The maximum absolute atomic E-state index is 12.4. The van der Waals surface area contributed by atoms with Gasteiger partial charge in [0.2, 0.25) is 0 Å². The van der Waals surface area contributed by atoms with Crippen molar-refractivity contribution >= 4 is 23.1 Å². The van der Waals surface area contributed by atoms with Crippen molar-refractivity contribution in [2.24, 2.45) is 0 Å². The van der Waals surface area contributed by atoms with Gasteiger partial charge in [0.25, 0.3) is 0 Å². The number of anilines is 1. The van der Waals surface area contributed by atoms with Crippen molar-refractivity contribution < 1.29 is 4.79 Å². The lowest BCUT2D eigenvalue weighted by atomic mass is 10.0. The molecule has 0 unspecified atom stereocenters. The molecule has 0 radical (unpaired) electrons. The lowest BCUT2D eigenvalue weighted by Crippen LogP contribution is -2.02. The molecule has 0 aliphatic carbocycles. The molecule has 0 bridgehead atoms. The van der Waals surface area contributed by atoms with Crippen LogP contribution in [0.4, 0.5) is 5.69 Å². The van der Waals surface area contributed by atoms with Crippen molar-refractivity contribution in [2.45, 2.75) is 6.42 Å². The van der Waals surface area contributed by atoms with Gasteiger partial charge in [-0.3, -0.25) is 4.79 Å². The predicted molar refractivity (Wildman–Crippen MR) is 73.5 cm³/mol. The minimum atomic E-state index is -0.0305. The molecule has 18 heavy (non-hydrogen) atoms. The Morgan fingerprint density at radius 3 is 2.83 bits per heavy atom. The van der Waals surface area contributed by atoms with E-state index in [9.17, 15) is 4.79 Å². The molecular formula is C15H12ClNO. The van der Waals surface area contributed by atoms with Crippen LogP contribution in [0.2, 0.25) is 5.02 Å². The van der Waals surface area contributed by atoms with Crippen LogP contribution in [0.25, 0.3) is 0 Å². The monoisotopic (exact) mass is 257 g/mol. The molecule has 3 rings (SSSR count). The molecule has 1 aliphatic heterocycles. The van der Waals surface area contributed by atoms with Crippen LogP contribution >= 0.6 is 11.6 Å². The van der Waals surface area contributed by atoms with Gasteiger partial charge in [0.05, 0.1) is 5.02 Å². The normalized spacial score (nSPS) is 12.9. The summed E-state index contributed by atoms with van der Waals surface area (Å²) in [6.07, 6.45) is 1.02. The zero-order valence-corrected chi connectivity index (χ0v) is 10.5. The Morgan fingerprint density at radius 1 is 1.17 bits per heavy atom. The summed E-state index contributed by atoms with van der Waals surface area (Å²) in [5.74, 6) is -0.0305. The summed E-state index contributed by atoms with van der Waals surface area (Å²) in [5, 5.41) is 3.77. The second-order valence-electron chi connectivity index (χ2n) is 4.36. The molecular weight excluding hydrogens is 246 g/mol. The standard InChI is InChI=1S/C15H12ClNO/c16-13-4-2-1-3-12(13)15(18)11-6-5-10-7-8-17-14(10)9-11/h1-6,9,17H,7-8H2. The molecule has 0 saturated heterocycles. The van der Waals surface area contributed by atoms with E-state index in [1.54, 1.807) is 12.1 Å². The molecule has 90 valence electrons. The summed E-state index contributed by atoms with van der Waals surface area (Å²) in [6.45, 7) is 0.944. The van der Waals surface area contributed by atoms with E-state index in [1.807, 2.05) is 30.3 Å². The molecule has 2 aromatic rings. The van der Waals surface area contributed by atoms with E-state index in [0.29, 0.717) is 16.1 Å². The fourth-order valence-corrected chi connectivity index (χ4v) is 2.45. The van der Waals surface area contributed by atoms with Crippen LogP contribution in [0.5, 0.6) is 0 Å². The summed E-state index contributed by atoms with van der Waals surface area (Å²) in [4.78, 5) is 12.4. The van der Waals surface area contributed by atoms with Crippen molar-refractivity contribution in [3.63, 3.8) is 0 Å². The number of nitrogens with one attached hydrogen (secondary N) is 1. The fourth-order valence-electron chi connectivity index (χ4n) is 2.23. The number of hydrogen-bond donors (Lipinski definition) is 1. The van der Waals surface area contributed by atoms with Gasteiger partial charge in [0, 0.05) is 23.4 Å². The first kappa shape index (κ1) is 11.3. The highest BCUT2D eigenvalue weighted by molar-refractivity contribution is 6.35. The van der Waals surface area contributed by atoms with Crippen LogP contribution in [0.3, 0.4) is 0 Å². The Morgan fingerprint density at radius 2 is 2.00 bits per heavy atom. The molecule has 0 saturated carbocycles. The van der Waals surface area contributed by atoms with E-state index >= 15 is 0 Å². The number of benzene rings is 2. The van der Waals surface area contributed by atoms with E-state index in [-0.39, 0.29) is 5.78 Å². The molecule has 0 amide bonds. The van der Waals surface area contributed by atoms with Crippen LogP contribution in [0, 0.1) is 0 Å². The molecule has 0 atom stereocenters. The third-order valence-corrected chi connectivity index (χ3v) is 3.53. The minimum Gasteiger partial charge on any atom is -0.384 e. The fraction of sp³-hybridized carbons (Fsp3) is 0.133. The Balaban J connectivity index is 2.01. The summed E-state index contributed by atoms with van der Waals surface area (Å²) >= 11 is 6.05. The van der Waals surface area contributed by atoms with Gasteiger partial charge < -0.3 is 5.32 Å². The highest BCUT2D eigenvalue weighted by atomic mass is 35.5. The van der Waals surface area contributed by atoms with Gasteiger partial charge in [0.15, 0.2) is 5.78 Å². The van der Waals surface area contributed by atoms with Gasteiger partial charge in [0.1, 0.15) is 0 Å². The molecule has 2 nitrogen and oxygen atoms in total. The van der Waals surface area contributed by atoms with Crippen molar-refractivity contribution in [1.82, 2.24) is 0 Å². The third kappa shape index (κ3) is 1.89. The topological polar surface area (TPSA) is 29.1 Å². The number of fused-ring (bicyclic) bond motifs is 1. The summed E-state index contributed by atoms with van der Waals surface area (Å²) in [6, 6.07) is 12.9. The summed E-state index contributed by atoms with van der Waals surface area (Å²) in [7, 11) is 0. The molecule has 1 aliphatic rings. The van der Waals surface area contributed by atoms with E-state index in [0.717, 1.165) is 18.7 Å². The Labute approximate surface area is 111 Å². The molecule has 3 heteroatoms. The largest absolute Gasteiger partial charge is 0.384 e. The number of ketones is 1. The van der Waals surface area contributed by atoms with Gasteiger partial charge in [-0.25, -0.2) is 0 Å². The molecule has 0 fully saturated rings. The van der Waals surface area contributed by atoms with E-state index < -0.39 is 0 Å². The third-order valence-electron chi connectivity index (χ3n) is 3.20. The second kappa shape index (κ2) is 4.46. The van der Waals surface area contributed by atoms with Gasteiger partial charge >= 0.3 is 0 Å². The molecule has 1 N–H and O–H groups in total. The number of rotatable bonds is 2. The van der Waals surface area contributed by atoms with Crippen molar-refractivity contribution in [2.75, 3.05) is 11.9 Å². The Hall–Kier alpha value is -1.80. The van der Waals surface area contributed by atoms with Gasteiger partial charge in [-0.1, -0.05) is 35.9 Å². The van der Waals surface area contributed by atoms with E-state index in [4.69, 9.17) is 11.6 Å². The Kier molecular flexibility index (Phi) is 2.80. The van der Waals surface area contributed by atoms with Crippen molar-refractivity contribution in [1.29, 1.82) is 0 Å². The minimum absolute atomic E-state index is 0.0305. The molecule has 0 spiro atoms. The highest BCUT2D eigenvalue weighted by Gasteiger charge is 2.16. The number of carbonyl (C=O) groups is 1.